The number of rotatable bonds is 13. The molecule has 0 spiro atoms. The van der Waals surface area contributed by atoms with Gasteiger partial charge >= 0.3 is 0 Å². The smallest absolute Gasteiger partial charge is 0.264 e. The average Bonchev–Trinajstić information content (AvgIpc) is 3.04. The van der Waals surface area contributed by atoms with Crippen molar-refractivity contribution in [1.29, 1.82) is 0 Å². The molecule has 4 aromatic rings. The molecule has 0 aliphatic rings. The van der Waals surface area contributed by atoms with Gasteiger partial charge in [-0.1, -0.05) is 108 Å². The van der Waals surface area contributed by atoms with Crippen molar-refractivity contribution in [2.45, 2.75) is 57.1 Å². The molecular formula is C35H36Cl3N3O4S. The Bertz CT molecular complexity index is 1770. The molecular weight excluding hydrogens is 665 g/mol. The van der Waals surface area contributed by atoms with Crippen LogP contribution in [-0.4, -0.2) is 43.8 Å². The Hall–Kier alpha value is -3.56. The fourth-order valence-electron chi connectivity index (χ4n) is 4.83. The van der Waals surface area contributed by atoms with Crippen LogP contribution in [0.5, 0.6) is 0 Å². The molecule has 4 rings (SSSR count). The van der Waals surface area contributed by atoms with E-state index in [1.807, 2.05) is 51.1 Å². The Morgan fingerprint density at radius 2 is 1.50 bits per heavy atom. The second-order valence-electron chi connectivity index (χ2n) is 11.1. The summed E-state index contributed by atoms with van der Waals surface area (Å²) in [6, 6.07) is 25.9. The first kappa shape index (κ1) is 35.3. The number of aryl methyl sites for hydroxylation is 1. The van der Waals surface area contributed by atoms with Gasteiger partial charge in [0.15, 0.2) is 0 Å². The highest BCUT2D eigenvalue weighted by molar-refractivity contribution is 7.92. The Balaban J connectivity index is 1.85. The van der Waals surface area contributed by atoms with E-state index in [4.69, 9.17) is 34.8 Å². The summed E-state index contributed by atoms with van der Waals surface area (Å²) in [6.07, 6.45) is 0.861. The zero-order valence-corrected chi connectivity index (χ0v) is 28.9. The van der Waals surface area contributed by atoms with Gasteiger partial charge in [0.2, 0.25) is 11.8 Å². The SMILES string of the molecule is CCC(C)NC(=O)C(Cc1ccccc1)N(Cc1ccccc1Cl)C(=O)CN(c1cc(Cl)ccc1Cl)S(=O)(=O)c1ccc(C)cc1. The molecule has 2 amide bonds. The maximum Gasteiger partial charge on any atom is 0.264 e. The summed E-state index contributed by atoms with van der Waals surface area (Å²) < 4.78 is 29.4. The second-order valence-corrected chi connectivity index (χ2v) is 14.2. The number of nitrogens with zero attached hydrogens (tertiary/aromatic N) is 2. The van der Waals surface area contributed by atoms with Gasteiger partial charge in [0.25, 0.3) is 10.0 Å². The highest BCUT2D eigenvalue weighted by Gasteiger charge is 2.36. The van der Waals surface area contributed by atoms with E-state index < -0.39 is 28.5 Å². The molecule has 0 aliphatic carbocycles. The highest BCUT2D eigenvalue weighted by atomic mass is 35.5. The van der Waals surface area contributed by atoms with Crippen LogP contribution in [0.15, 0.2) is 102 Å². The number of amides is 2. The van der Waals surface area contributed by atoms with E-state index in [2.05, 4.69) is 5.32 Å². The third-order valence-corrected chi connectivity index (χ3v) is 10.3. The Labute approximate surface area is 286 Å². The third-order valence-electron chi connectivity index (χ3n) is 7.64. The fraction of sp³-hybridized carbons (Fsp3) is 0.257. The van der Waals surface area contributed by atoms with Gasteiger partial charge in [0, 0.05) is 29.1 Å². The quantitative estimate of drug-likeness (QED) is 0.155. The molecule has 0 aliphatic heterocycles. The van der Waals surface area contributed by atoms with E-state index >= 15 is 0 Å². The zero-order chi connectivity index (χ0) is 33.4. The second kappa shape index (κ2) is 15.8. The van der Waals surface area contributed by atoms with Crippen LogP contribution in [0.4, 0.5) is 5.69 Å². The Kier molecular flexibility index (Phi) is 12.1. The first-order chi connectivity index (χ1) is 21.9. The molecule has 0 bridgehead atoms. The number of carbonyl (C=O) groups excluding carboxylic acids is 2. The van der Waals surface area contributed by atoms with Gasteiger partial charge in [-0.05, 0) is 67.8 Å². The minimum absolute atomic E-state index is 0.0319. The molecule has 2 unspecified atom stereocenters. The summed E-state index contributed by atoms with van der Waals surface area (Å²) in [4.78, 5) is 29.9. The van der Waals surface area contributed by atoms with Crippen molar-refractivity contribution >= 4 is 62.3 Å². The number of halogens is 3. The summed E-state index contributed by atoms with van der Waals surface area (Å²) in [5, 5.41) is 3.74. The minimum Gasteiger partial charge on any atom is -0.352 e. The van der Waals surface area contributed by atoms with Crippen molar-refractivity contribution in [1.82, 2.24) is 10.2 Å². The number of sulfonamides is 1. The van der Waals surface area contributed by atoms with Gasteiger partial charge in [0.1, 0.15) is 12.6 Å². The molecule has 2 atom stereocenters. The number of hydrogen-bond donors (Lipinski definition) is 1. The van der Waals surface area contributed by atoms with Gasteiger partial charge < -0.3 is 10.2 Å². The van der Waals surface area contributed by atoms with Gasteiger partial charge in [-0.2, -0.15) is 0 Å². The standard InChI is InChI=1S/C35H36Cl3N3O4S/c1-4-25(3)39-35(43)33(20-26-10-6-5-7-11-26)40(22-27-12-8-9-13-30(27)37)34(42)23-41(32-21-28(36)16-19-31(32)38)46(44,45)29-17-14-24(2)15-18-29/h5-19,21,25,33H,4,20,22-23H2,1-3H3,(H,39,43). The molecule has 11 heteroatoms. The molecule has 0 aromatic heterocycles. The number of nitrogens with one attached hydrogen (secondary N) is 1. The molecule has 7 nitrogen and oxygen atoms in total. The van der Waals surface area contributed by atoms with Crippen molar-refractivity contribution in [3.05, 3.63) is 129 Å². The van der Waals surface area contributed by atoms with Crippen LogP contribution in [-0.2, 0) is 32.6 Å². The van der Waals surface area contributed by atoms with Gasteiger partial charge in [0.05, 0.1) is 15.6 Å². The molecule has 0 saturated heterocycles. The molecule has 4 aromatic carbocycles. The number of hydrogen-bond acceptors (Lipinski definition) is 4. The molecule has 46 heavy (non-hydrogen) atoms. The van der Waals surface area contributed by atoms with Gasteiger partial charge in [-0.25, -0.2) is 8.42 Å². The molecule has 242 valence electrons. The lowest BCUT2D eigenvalue weighted by atomic mass is 10.0. The van der Waals surface area contributed by atoms with Crippen molar-refractivity contribution < 1.29 is 18.0 Å². The summed E-state index contributed by atoms with van der Waals surface area (Å²) >= 11 is 19.4. The van der Waals surface area contributed by atoms with E-state index in [-0.39, 0.29) is 45.5 Å². The van der Waals surface area contributed by atoms with Crippen LogP contribution in [0.25, 0.3) is 0 Å². The molecule has 0 fully saturated rings. The van der Waals surface area contributed by atoms with Crippen molar-refractivity contribution in [3.63, 3.8) is 0 Å². The number of anilines is 1. The normalized spacial score (nSPS) is 12.7. The van der Waals surface area contributed by atoms with E-state index in [0.717, 1.165) is 15.4 Å². The predicted molar refractivity (Wildman–Crippen MR) is 186 cm³/mol. The first-order valence-corrected chi connectivity index (χ1v) is 17.4. The molecule has 0 radical (unpaired) electrons. The van der Waals surface area contributed by atoms with Crippen LogP contribution in [0.3, 0.4) is 0 Å². The van der Waals surface area contributed by atoms with Crippen molar-refractivity contribution in [3.8, 4) is 0 Å². The summed E-state index contributed by atoms with van der Waals surface area (Å²) in [7, 11) is -4.33. The summed E-state index contributed by atoms with van der Waals surface area (Å²) in [5.74, 6) is -1.00. The van der Waals surface area contributed by atoms with Crippen molar-refractivity contribution in [2.24, 2.45) is 0 Å². The topological polar surface area (TPSA) is 86.8 Å². The zero-order valence-electron chi connectivity index (χ0n) is 25.8. The largest absolute Gasteiger partial charge is 0.352 e. The fourth-order valence-corrected chi connectivity index (χ4v) is 6.89. The minimum atomic E-state index is -4.33. The van der Waals surface area contributed by atoms with Crippen LogP contribution in [0.1, 0.15) is 37.0 Å². The van der Waals surface area contributed by atoms with E-state index in [1.165, 1.54) is 35.2 Å². The lowest BCUT2D eigenvalue weighted by molar-refractivity contribution is -0.140. The Morgan fingerprint density at radius 1 is 0.848 bits per heavy atom. The van der Waals surface area contributed by atoms with E-state index in [9.17, 15) is 18.0 Å². The first-order valence-electron chi connectivity index (χ1n) is 14.8. The number of carbonyl (C=O) groups is 2. The summed E-state index contributed by atoms with van der Waals surface area (Å²) in [6.45, 7) is 4.96. The monoisotopic (exact) mass is 699 g/mol. The van der Waals surface area contributed by atoms with E-state index in [1.54, 1.807) is 36.4 Å². The predicted octanol–water partition coefficient (Wildman–Crippen LogP) is 7.71. The lowest BCUT2D eigenvalue weighted by Crippen LogP contribution is -2.54. The number of benzene rings is 4. The maximum atomic E-state index is 14.6. The maximum absolute atomic E-state index is 14.6. The molecule has 0 heterocycles. The van der Waals surface area contributed by atoms with Crippen LogP contribution >= 0.6 is 34.8 Å². The van der Waals surface area contributed by atoms with Gasteiger partial charge in [-0.15, -0.1) is 0 Å². The third kappa shape index (κ3) is 8.82. The summed E-state index contributed by atoms with van der Waals surface area (Å²) in [5.41, 5.74) is 2.32. The lowest BCUT2D eigenvalue weighted by Gasteiger charge is -2.34. The molecule has 0 saturated carbocycles. The Morgan fingerprint density at radius 3 is 2.15 bits per heavy atom. The van der Waals surface area contributed by atoms with E-state index in [0.29, 0.717) is 17.0 Å². The molecule has 1 N–H and O–H groups in total. The van der Waals surface area contributed by atoms with Crippen LogP contribution in [0.2, 0.25) is 15.1 Å². The highest BCUT2D eigenvalue weighted by Crippen LogP contribution is 2.33. The van der Waals surface area contributed by atoms with Crippen LogP contribution < -0.4 is 9.62 Å². The van der Waals surface area contributed by atoms with Crippen molar-refractivity contribution in [2.75, 3.05) is 10.8 Å². The average molecular weight is 701 g/mol. The van der Waals surface area contributed by atoms with Gasteiger partial charge in [-0.3, -0.25) is 13.9 Å². The van der Waals surface area contributed by atoms with Crippen LogP contribution in [0, 0.1) is 6.92 Å².